The number of rotatable bonds is 7. The normalized spacial score (nSPS) is 11.4. The van der Waals surface area contributed by atoms with Crippen LogP contribution in [-0.4, -0.2) is 38.8 Å². The quantitative estimate of drug-likeness (QED) is 0.779. The van der Waals surface area contributed by atoms with Crippen molar-refractivity contribution >= 4 is 33.2 Å². The molecular formula is C18H21ClN2O4S. The van der Waals surface area contributed by atoms with Crippen molar-refractivity contribution in [1.29, 1.82) is 0 Å². The smallest absolute Gasteiger partial charge is 0.243 e. The number of amides is 1. The standard InChI is InChI=1S/C18H21ClN2O4S/c1-4-25-17-10-9-16(11-13(17)2)26(23,24)21(3)12-18(22)20-15-7-5-14(19)6-8-15/h5-11H,4,12H2,1-3H3,(H,20,22). The van der Waals surface area contributed by atoms with E-state index in [0.29, 0.717) is 28.6 Å². The van der Waals surface area contributed by atoms with Gasteiger partial charge in [0.25, 0.3) is 0 Å². The Kier molecular flexibility index (Phi) is 6.63. The van der Waals surface area contributed by atoms with Crippen LogP contribution in [0.4, 0.5) is 5.69 Å². The molecule has 0 saturated carbocycles. The van der Waals surface area contributed by atoms with Crippen molar-refractivity contribution in [2.75, 3.05) is 25.5 Å². The van der Waals surface area contributed by atoms with Crippen molar-refractivity contribution in [2.45, 2.75) is 18.7 Å². The molecular weight excluding hydrogens is 376 g/mol. The summed E-state index contributed by atoms with van der Waals surface area (Å²) in [6, 6.07) is 11.2. The number of benzene rings is 2. The summed E-state index contributed by atoms with van der Waals surface area (Å²) in [5, 5.41) is 3.19. The van der Waals surface area contributed by atoms with E-state index in [1.165, 1.54) is 19.2 Å². The van der Waals surface area contributed by atoms with Gasteiger partial charge >= 0.3 is 0 Å². The van der Waals surface area contributed by atoms with E-state index in [0.717, 1.165) is 4.31 Å². The van der Waals surface area contributed by atoms with E-state index in [4.69, 9.17) is 16.3 Å². The van der Waals surface area contributed by atoms with Gasteiger partial charge in [0.15, 0.2) is 0 Å². The van der Waals surface area contributed by atoms with Crippen molar-refractivity contribution in [3.63, 3.8) is 0 Å². The van der Waals surface area contributed by atoms with Crippen LogP contribution in [0, 0.1) is 6.92 Å². The molecule has 0 aliphatic rings. The van der Waals surface area contributed by atoms with Gasteiger partial charge in [0.1, 0.15) is 5.75 Å². The SMILES string of the molecule is CCOc1ccc(S(=O)(=O)N(C)CC(=O)Nc2ccc(Cl)cc2)cc1C. The first-order valence-corrected chi connectivity index (χ1v) is 9.81. The van der Waals surface area contributed by atoms with Crippen molar-refractivity contribution in [2.24, 2.45) is 0 Å². The van der Waals surface area contributed by atoms with Gasteiger partial charge in [-0.25, -0.2) is 8.42 Å². The number of anilines is 1. The Morgan fingerprint density at radius 3 is 2.42 bits per heavy atom. The molecule has 0 unspecified atom stereocenters. The Bertz CT molecular complexity index is 883. The second-order valence-corrected chi connectivity index (χ2v) is 8.16. The van der Waals surface area contributed by atoms with E-state index in [1.54, 1.807) is 37.3 Å². The minimum absolute atomic E-state index is 0.111. The predicted octanol–water partition coefficient (Wildman–Crippen LogP) is 3.31. The molecule has 0 heterocycles. The zero-order valence-electron chi connectivity index (χ0n) is 14.8. The molecule has 1 N–H and O–H groups in total. The summed E-state index contributed by atoms with van der Waals surface area (Å²) >= 11 is 5.79. The highest BCUT2D eigenvalue weighted by Gasteiger charge is 2.23. The van der Waals surface area contributed by atoms with Gasteiger partial charge in [-0.2, -0.15) is 4.31 Å². The summed E-state index contributed by atoms with van der Waals surface area (Å²) in [5.74, 6) is 0.190. The van der Waals surface area contributed by atoms with Gasteiger partial charge in [0.05, 0.1) is 18.0 Å². The lowest BCUT2D eigenvalue weighted by Gasteiger charge is -2.18. The fourth-order valence-corrected chi connectivity index (χ4v) is 3.64. The van der Waals surface area contributed by atoms with Gasteiger partial charge in [0.2, 0.25) is 15.9 Å². The van der Waals surface area contributed by atoms with Gasteiger partial charge in [-0.05, 0) is 61.9 Å². The second-order valence-electron chi connectivity index (χ2n) is 5.68. The van der Waals surface area contributed by atoms with Gasteiger partial charge in [-0.3, -0.25) is 4.79 Å². The molecule has 0 aromatic heterocycles. The molecule has 140 valence electrons. The number of nitrogens with zero attached hydrogens (tertiary/aromatic N) is 1. The van der Waals surface area contributed by atoms with E-state index in [-0.39, 0.29) is 11.4 Å². The minimum Gasteiger partial charge on any atom is -0.494 e. The zero-order chi connectivity index (χ0) is 19.3. The molecule has 8 heteroatoms. The maximum absolute atomic E-state index is 12.7. The number of sulfonamides is 1. The van der Waals surface area contributed by atoms with Crippen LogP contribution in [0.25, 0.3) is 0 Å². The van der Waals surface area contributed by atoms with E-state index >= 15 is 0 Å². The van der Waals surface area contributed by atoms with Gasteiger partial charge in [-0.1, -0.05) is 11.6 Å². The molecule has 0 bridgehead atoms. The molecule has 6 nitrogen and oxygen atoms in total. The number of ether oxygens (including phenoxy) is 1. The Morgan fingerprint density at radius 2 is 1.85 bits per heavy atom. The first-order valence-electron chi connectivity index (χ1n) is 7.99. The third-order valence-electron chi connectivity index (χ3n) is 3.65. The first kappa shape index (κ1) is 20.2. The van der Waals surface area contributed by atoms with Crippen LogP contribution in [0.5, 0.6) is 5.75 Å². The van der Waals surface area contributed by atoms with Crippen molar-refractivity contribution in [1.82, 2.24) is 4.31 Å². The number of hydrogen-bond acceptors (Lipinski definition) is 4. The summed E-state index contributed by atoms with van der Waals surface area (Å²) < 4.78 is 31.8. The number of halogens is 1. The average Bonchev–Trinajstić information content (AvgIpc) is 2.58. The molecule has 2 aromatic rings. The van der Waals surface area contributed by atoms with Crippen molar-refractivity contribution in [3.05, 3.63) is 53.1 Å². The number of likely N-dealkylation sites (N-methyl/N-ethyl adjacent to an activating group) is 1. The molecule has 2 aromatic carbocycles. The fourth-order valence-electron chi connectivity index (χ4n) is 2.30. The molecule has 0 spiro atoms. The van der Waals surface area contributed by atoms with Crippen LogP contribution in [0.15, 0.2) is 47.4 Å². The van der Waals surface area contributed by atoms with E-state index in [2.05, 4.69) is 5.32 Å². The van der Waals surface area contributed by atoms with Gasteiger partial charge in [0, 0.05) is 17.8 Å². The lowest BCUT2D eigenvalue weighted by atomic mass is 10.2. The second kappa shape index (κ2) is 8.53. The average molecular weight is 397 g/mol. The van der Waals surface area contributed by atoms with Gasteiger partial charge in [-0.15, -0.1) is 0 Å². The highest BCUT2D eigenvalue weighted by atomic mass is 35.5. The van der Waals surface area contributed by atoms with Crippen LogP contribution in [-0.2, 0) is 14.8 Å². The maximum atomic E-state index is 12.7. The molecule has 0 radical (unpaired) electrons. The molecule has 0 atom stereocenters. The topological polar surface area (TPSA) is 75.7 Å². The fraction of sp³-hybridized carbons (Fsp3) is 0.278. The number of carbonyl (C=O) groups excluding carboxylic acids is 1. The first-order chi connectivity index (χ1) is 12.2. The molecule has 0 saturated heterocycles. The summed E-state index contributed by atoms with van der Waals surface area (Å²) in [5.41, 5.74) is 1.26. The number of hydrogen-bond donors (Lipinski definition) is 1. The van der Waals surface area contributed by atoms with E-state index in [1.807, 2.05) is 6.92 Å². The van der Waals surface area contributed by atoms with E-state index in [9.17, 15) is 13.2 Å². The number of nitrogens with one attached hydrogen (secondary N) is 1. The van der Waals surface area contributed by atoms with E-state index < -0.39 is 15.9 Å². The summed E-state index contributed by atoms with van der Waals surface area (Å²) in [6.45, 7) is 3.82. The Labute approximate surface area is 158 Å². The van der Waals surface area contributed by atoms with Crippen molar-refractivity contribution < 1.29 is 17.9 Å². The zero-order valence-corrected chi connectivity index (χ0v) is 16.4. The summed E-state index contributed by atoms with van der Waals surface area (Å²) in [6.07, 6.45) is 0. The number of carbonyl (C=O) groups is 1. The summed E-state index contributed by atoms with van der Waals surface area (Å²) in [4.78, 5) is 12.2. The molecule has 0 fully saturated rings. The Balaban J connectivity index is 2.09. The maximum Gasteiger partial charge on any atom is 0.243 e. The predicted molar refractivity (Wildman–Crippen MR) is 102 cm³/mol. The highest BCUT2D eigenvalue weighted by Crippen LogP contribution is 2.23. The van der Waals surface area contributed by atoms with Crippen LogP contribution in [0.2, 0.25) is 5.02 Å². The lowest BCUT2D eigenvalue weighted by molar-refractivity contribution is -0.116. The highest BCUT2D eigenvalue weighted by molar-refractivity contribution is 7.89. The van der Waals surface area contributed by atoms with Crippen LogP contribution in [0.3, 0.4) is 0 Å². The Hall–Kier alpha value is -2.09. The molecule has 26 heavy (non-hydrogen) atoms. The van der Waals surface area contributed by atoms with Crippen molar-refractivity contribution in [3.8, 4) is 5.75 Å². The third kappa shape index (κ3) is 4.97. The monoisotopic (exact) mass is 396 g/mol. The Morgan fingerprint density at radius 1 is 1.19 bits per heavy atom. The van der Waals surface area contributed by atoms with Crippen LogP contribution < -0.4 is 10.1 Å². The lowest BCUT2D eigenvalue weighted by Crippen LogP contribution is -2.35. The van der Waals surface area contributed by atoms with Gasteiger partial charge < -0.3 is 10.1 Å². The minimum atomic E-state index is -3.79. The summed E-state index contributed by atoms with van der Waals surface area (Å²) in [7, 11) is -2.43. The third-order valence-corrected chi connectivity index (χ3v) is 5.70. The molecule has 2 rings (SSSR count). The molecule has 1 amide bonds. The van der Waals surface area contributed by atoms with Crippen LogP contribution >= 0.6 is 11.6 Å². The van der Waals surface area contributed by atoms with Crippen LogP contribution in [0.1, 0.15) is 12.5 Å². The number of aryl methyl sites for hydroxylation is 1. The molecule has 0 aliphatic heterocycles. The largest absolute Gasteiger partial charge is 0.494 e. The molecule has 0 aliphatic carbocycles.